The fraction of sp³-hybridized carbons (Fsp3) is 0.579. The van der Waals surface area contributed by atoms with E-state index in [1.54, 1.807) is 4.90 Å². The average molecular weight is 401 g/mol. The number of ether oxygens (including phenoxy) is 1. The van der Waals surface area contributed by atoms with Gasteiger partial charge in [-0.15, -0.1) is 0 Å². The number of hydrogen-bond acceptors (Lipinski definition) is 4. The lowest BCUT2D eigenvalue weighted by molar-refractivity contribution is -0.160. The van der Waals surface area contributed by atoms with Crippen LogP contribution < -0.4 is 5.32 Å². The number of nitrogens with zero attached hydrogens (tertiary/aromatic N) is 2. The minimum Gasteiger partial charge on any atom is -0.440 e. The summed E-state index contributed by atoms with van der Waals surface area (Å²) in [4.78, 5) is 27.7. The molecule has 2 atom stereocenters. The van der Waals surface area contributed by atoms with Gasteiger partial charge in [0.05, 0.1) is 0 Å². The molecule has 0 radical (unpaired) electrons. The Kier molecular flexibility index (Phi) is 7.68. The zero-order chi connectivity index (χ0) is 20.7. The molecule has 1 fully saturated rings. The van der Waals surface area contributed by atoms with Crippen molar-refractivity contribution in [2.75, 3.05) is 32.8 Å². The zero-order valence-electron chi connectivity index (χ0n) is 16.0. The Hall–Kier alpha value is -2.29. The molecule has 9 heteroatoms. The van der Waals surface area contributed by atoms with Gasteiger partial charge in [0.25, 0.3) is 0 Å². The minimum atomic E-state index is -4.60. The maximum atomic E-state index is 12.4. The van der Waals surface area contributed by atoms with Crippen molar-refractivity contribution in [2.45, 2.75) is 38.5 Å². The Balaban J connectivity index is 1.84. The van der Waals surface area contributed by atoms with E-state index in [1.165, 1.54) is 5.56 Å². The number of carbonyl (C=O) groups is 2. The number of alkyl halides is 3. The van der Waals surface area contributed by atoms with Crippen molar-refractivity contribution in [1.29, 1.82) is 0 Å². The second-order valence-corrected chi connectivity index (χ2v) is 6.75. The molecule has 6 nitrogen and oxygen atoms in total. The smallest absolute Gasteiger partial charge is 0.422 e. The van der Waals surface area contributed by atoms with Crippen LogP contribution in [0.3, 0.4) is 0 Å². The summed E-state index contributed by atoms with van der Waals surface area (Å²) in [6.07, 6.45) is -5.05. The predicted molar refractivity (Wildman–Crippen MR) is 97.6 cm³/mol. The van der Waals surface area contributed by atoms with E-state index in [9.17, 15) is 22.8 Å². The van der Waals surface area contributed by atoms with Crippen LogP contribution in [0.4, 0.5) is 18.0 Å². The number of nitrogens with one attached hydrogen (secondary N) is 1. The van der Waals surface area contributed by atoms with Crippen LogP contribution in [0.25, 0.3) is 0 Å². The summed E-state index contributed by atoms with van der Waals surface area (Å²) in [6.45, 7) is 3.88. The van der Waals surface area contributed by atoms with E-state index in [-0.39, 0.29) is 18.0 Å². The molecule has 1 saturated heterocycles. The normalized spacial score (nSPS) is 18.5. The molecular weight excluding hydrogens is 375 g/mol. The topological polar surface area (TPSA) is 61.9 Å². The van der Waals surface area contributed by atoms with Gasteiger partial charge in [0.2, 0.25) is 5.91 Å². The van der Waals surface area contributed by atoms with Crippen LogP contribution in [0, 0.1) is 0 Å². The average Bonchev–Trinajstić information content (AvgIpc) is 3.14. The van der Waals surface area contributed by atoms with Crippen molar-refractivity contribution in [3.8, 4) is 0 Å². The van der Waals surface area contributed by atoms with Crippen molar-refractivity contribution >= 4 is 12.0 Å². The van der Waals surface area contributed by atoms with Gasteiger partial charge in [-0.2, -0.15) is 13.2 Å². The lowest BCUT2D eigenvalue weighted by Crippen LogP contribution is -2.47. The number of likely N-dealkylation sites (N-methyl/N-ethyl adjacent to an activating group) is 1. The molecule has 0 aromatic heterocycles. The summed E-state index contributed by atoms with van der Waals surface area (Å²) in [5.74, 6) is -0.342. The fourth-order valence-corrected chi connectivity index (χ4v) is 3.40. The maximum Gasteiger partial charge on any atom is 0.422 e. The van der Waals surface area contributed by atoms with Crippen LogP contribution in [-0.4, -0.2) is 66.8 Å². The van der Waals surface area contributed by atoms with E-state index in [4.69, 9.17) is 0 Å². The lowest BCUT2D eigenvalue weighted by atomic mass is 10.1. The summed E-state index contributed by atoms with van der Waals surface area (Å²) in [7, 11) is 0. The Morgan fingerprint density at radius 3 is 2.61 bits per heavy atom. The Morgan fingerprint density at radius 1 is 1.32 bits per heavy atom. The molecule has 1 aliphatic heterocycles. The number of benzene rings is 1. The van der Waals surface area contributed by atoms with Crippen molar-refractivity contribution in [3.63, 3.8) is 0 Å². The highest BCUT2D eigenvalue weighted by molar-refractivity contribution is 5.82. The molecule has 0 aliphatic carbocycles. The Bertz CT molecular complexity index is 655. The molecule has 1 aromatic carbocycles. The molecule has 0 saturated carbocycles. The molecule has 2 amide bonds. The van der Waals surface area contributed by atoms with Crippen LogP contribution in [-0.2, 0) is 9.53 Å². The quantitative estimate of drug-likeness (QED) is 0.763. The fourth-order valence-electron chi connectivity index (χ4n) is 3.40. The Labute approximate surface area is 162 Å². The first kappa shape index (κ1) is 22.0. The van der Waals surface area contributed by atoms with Gasteiger partial charge in [-0.3, -0.25) is 9.69 Å². The van der Waals surface area contributed by atoms with Crippen molar-refractivity contribution < 1.29 is 27.5 Å². The number of rotatable bonds is 7. The van der Waals surface area contributed by atoms with E-state index >= 15 is 0 Å². The van der Waals surface area contributed by atoms with Crippen LogP contribution in [0.2, 0.25) is 0 Å². The number of carbonyl (C=O) groups excluding carboxylic acids is 2. The highest BCUT2D eigenvalue weighted by Crippen LogP contribution is 2.26. The zero-order valence-corrected chi connectivity index (χ0v) is 16.0. The number of halogens is 3. The number of hydrogen-bond donors (Lipinski definition) is 1. The van der Waals surface area contributed by atoms with Gasteiger partial charge < -0.3 is 15.0 Å². The summed E-state index contributed by atoms with van der Waals surface area (Å²) < 4.78 is 40.2. The van der Waals surface area contributed by atoms with Gasteiger partial charge in [-0.05, 0) is 25.8 Å². The van der Waals surface area contributed by atoms with Crippen molar-refractivity contribution in [2.24, 2.45) is 0 Å². The summed E-state index contributed by atoms with van der Waals surface area (Å²) in [5, 5.41) is 2.09. The molecule has 156 valence electrons. The van der Waals surface area contributed by atoms with E-state index in [0.717, 1.165) is 13.0 Å². The molecule has 2 unspecified atom stereocenters. The van der Waals surface area contributed by atoms with Gasteiger partial charge in [0.1, 0.15) is 6.54 Å². The van der Waals surface area contributed by atoms with Gasteiger partial charge >= 0.3 is 12.3 Å². The summed E-state index contributed by atoms with van der Waals surface area (Å²) in [6, 6.07) is 10.3. The van der Waals surface area contributed by atoms with Gasteiger partial charge in [0, 0.05) is 31.7 Å². The number of alkyl carbamates (subject to hydrolysis) is 1. The monoisotopic (exact) mass is 401 g/mol. The van der Waals surface area contributed by atoms with Gasteiger partial charge in [0.15, 0.2) is 6.61 Å². The summed E-state index contributed by atoms with van der Waals surface area (Å²) >= 11 is 0. The van der Waals surface area contributed by atoms with Gasteiger partial charge in [-0.25, -0.2) is 4.79 Å². The molecule has 1 heterocycles. The summed E-state index contributed by atoms with van der Waals surface area (Å²) in [5.41, 5.74) is 1.20. The largest absolute Gasteiger partial charge is 0.440 e. The van der Waals surface area contributed by atoms with Gasteiger partial charge in [-0.1, -0.05) is 30.3 Å². The van der Waals surface area contributed by atoms with E-state index in [2.05, 4.69) is 34.0 Å². The first-order chi connectivity index (χ1) is 13.2. The molecule has 1 aliphatic rings. The second kappa shape index (κ2) is 9.77. The van der Waals surface area contributed by atoms with Crippen LogP contribution in [0.5, 0.6) is 0 Å². The van der Waals surface area contributed by atoms with E-state index in [1.807, 2.05) is 25.1 Å². The maximum absolute atomic E-state index is 12.4. The number of likely N-dealkylation sites (tertiary alicyclic amines) is 1. The standard InChI is InChI=1S/C19H26F3N3O3/c1-3-25(17(26)11-23-18(27)28-13-19(20,21)22)16-9-10-24(12-16)14(2)15-7-5-4-6-8-15/h4-8,14,16H,3,9-13H2,1-2H3,(H,23,27). The highest BCUT2D eigenvalue weighted by Gasteiger charge is 2.33. The van der Waals surface area contributed by atoms with E-state index in [0.29, 0.717) is 13.1 Å². The molecule has 0 bridgehead atoms. The highest BCUT2D eigenvalue weighted by atomic mass is 19.4. The third-order valence-corrected chi connectivity index (χ3v) is 4.88. The SMILES string of the molecule is CCN(C(=O)CNC(=O)OCC(F)(F)F)C1CCN(C(C)c2ccccc2)C1. The van der Waals surface area contributed by atoms with Crippen molar-refractivity contribution in [1.82, 2.24) is 15.1 Å². The minimum absolute atomic E-state index is 0.00309. The van der Waals surface area contributed by atoms with Crippen LogP contribution in [0.15, 0.2) is 30.3 Å². The molecule has 0 spiro atoms. The first-order valence-electron chi connectivity index (χ1n) is 9.27. The second-order valence-electron chi connectivity index (χ2n) is 6.75. The number of amides is 2. The van der Waals surface area contributed by atoms with Crippen molar-refractivity contribution in [3.05, 3.63) is 35.9 Å². The first-order valence-corrected chi connectivity index (χ1v) is 9.27. The molecule has 28 heavy (non-hydrogen) atoms. The third kappa shape index (κ3) is 6.40. The Morgan fingerprint density at radius 2 is 2.00 bits per heavy atom. The third-order valence-electron chi connectivity index (χ3n) is 4.88. The van der Waals surface area contributed by atoms with Crippen LogP contribution in [0.1, 0.15) is 31.9 Å². The molecule has 1 N–H and O–H groups in total. The molecular formula is C19H26F3N3O3. The molecule has 2 rings (SSSR count). The predicted octanol–water partition coefficient (Wildman–Crippen LogP) is 2.96. The van der Waals surface area contributed by atoms with Crippen LogP contribution >= 0.6 is 0 Å². The van der Waals surface area contributed by atoms with E-state index < -0.39 is 25.4 Å². The molecule has 1 aromatic rings. The lowest BCUT2D eigenvalue weighted by Gasteiger charge is -2.30.